The Morgan fingerprint density at radius 2 is 2.36 bits per heavy atom. The number of H-pyrrole nitrogens is 1. The Morgan fingerprint density at radius 1 is 1.43 bits per heavy atom. The Balaban J connectivity index is 1.98. The summed E-state index contributed by atoms with van der Waals surface area (Å²) < 4.78 is 0. The van der Waals surface area contributed by atoms with E-state index in [1.807, 2.05) is 0 Å². The van der Waals surface area contributed by atoms with Crippen molar-refractivity contribution in [3.8, 4) is 0 Å². The predicted octanol–water partition coefficient (Wildman–Crippen LogP) is 1.72. The summed E-state index contributed by atoms with van der Waals surface area (Å²) in [6.07, 6.45) is 3.73. The number of aromatic nitrogens is 2. The van der Waals surface area contributed by atoms with E-state index in [9.17, 15) is 0 Å². The largest absolute Gasteiger partial charge is 0.347 e. The summed E-state index contributed by atoms with van der Waals surface area (Å²) in [7, 11) is 0. The van der Waals surface area contributed by atoms with E-state index in [0.717, 1.165) is 24.2 Å². The van der Waals surface area contributed by atoms with Gasteiger partial charge in [-0.3, -0.25) is 0 Å². The minimum absolute atomic E-state index is 0.541. The van der Waals surface area contributed by atoms with Gasteiger partial charge in [0.1, 0.15) is 0 Å². The summed E-state index contributed by atoms with van der Waals surface area (Å²) in [5.74, 6) is 0. The maximum absolute atomic E-state index is 5.58. The lowest BCUT2D eigenvalue weighted by Gasteiger charge is -1.98. The molecule has 4 heteroatoms. The molecule has 0 aliphatic carbocycles. The molecular weight excluding hydrogens is 194 g/mol. The molecule has 0 amide bonds. The average Bonchev–Trinajstić information content (AvgIpc) is 2.85. The number of nitrogens with zero attached hydrogens (tertiary/aromatic N) is 1. The molecule has 3 N–H and O–H groups in total. The molecule has 0 saturated carbocycles. The number of hydrogen-bond donors (Lipinski definition) is 2. The van der Waals surface area contributed by atoms with Crippen molar-refractivity contribution in [3.05, 3.63) is 40.1 Å². The van der Waals surface area contributed by atoms with Crippen LogP contribution in [0.2, 0.25) is 0 Å². The SMILES string of the molecule is NCc1[nH]cnc1CCc1cccs1. The van der Waals surface area contributed by atoms with Crippen LogP contribution < -0.4 is 5.73 Å². The first kappa shape index (κ1) is 9.43. The average molecular weight is 207 g/mol. The van der Waals surface area contributed by atoms with E-state index < -0.39 is 0 Å². The lowest BCUT2D eigenvalue weighted by molar-refractivity contribution is 0.895. The molecule has 0 radical (unpaired) electrons. The van der Waals surface area contributed by atoms with Crippen molar-refractivity contribution < 1.29 is 0 Å². The first-order valence-corrected chi connectivity index (χ1v) is 5.51. The Hall–Kier alpha value is -1.13. The normalized spacial score (nSPS) is 10.6. The summed E-state index contributed by atoms with van der Waals surface area (Å²) in [5, 5.41) is 2.10. The van der Waals surface area contributed by atoms with E-state index in [4.69, 9.17) is 5.73 Å². The van der Waals surface area contributed by atoms with E-state index in [0.29, 0.717) is 6.54 Å². The van der Waals surface area contributed by atoms with Crippen molar-refractivity contribution in [3.63, 3.8) is 0 Å². The van der Waals surface area contributed by atoms with Crippen molar-refractivity contribution in [1.29, 1.82) is 0 Å². The quantitative estimate of drug-likeness (QED) is 0.802. The minimum Gasteiger partial charge on any atom is -0.347 e. The topological polar surface area (TPSA) is 54.7 Å². The molecule has 0 unspecified atom stereocenters. The van der Waals surface area contributed by atoms with Gasteiger partial charge in [-0.05, 0) is 24.3 Å². The van der Waals surface area contributed by atoms with Crippen LogP contribution in [0.25, 0.3) is 0 Å². The molecule has 0 fully saturated rings. The number of nitrogens with one attached hydrogen (secondary N) is 1. The summed E-state index contributed by atoms with van der Waals surface area (Å²) in [6.45, 7) is 0.541. The zero-order chi connectivity index (χ0) is 9.80. The lowest BCUT2D eigenvalue weighted by Crippen LogP contribution is -2.02. The second kappa shape index (κ2) is 4.39. The van der Waals surface area contributed by atoms with E-state index in [1.54, 1.807) is 17.7 Å². The third-order valence-electron chi connectivity index (χ3n) is 2.20. The molecule has 74 valence electrons. The highest BCUT2D eigenvalue weighted by Gasteiger charge is 2.04. The summed E-state index contributed by atoms with van der Waals surface area (Å²) in [6, 6.07) is 4.23. The highest BCUT2D eigenvalue weighted by Crippen LogP contribution is 2.12. The van der Waals surface area contributed by atoms with Gasteiger partial charge in [-0.15, -0.1) is 11.3 Å². The third kappa shape index (κ3) is 2.02. The van der Waals surface area contributed by atoms with Crippen LogP contribution in [0, 0.1) is 0 Å². The lowest BCUT2D eigenvalue weighted by atomic mass is 10.2. The van der Waals surface area contributed by atoms with Crippen molar-refractivity contribution in [2.75, 3.05) is 0 Å². The molecule has 0 saturated heterocycles. The van der Waals surface area contributed by atoms with Gasteiger partial charge < -0.3 is 10.7 Å². The Labute approximate surface area is 87.0 Å². The molecule has 3 nitrogen and oxygen atoms in total. The number of imidazole rings is 1. The van der Waals surface area contributed by atoms with Gasteiger partial charge in [0, 0.05) is 11.4 Å². The predicted molar refractivity (Wildman–Crippen MR) is 58.2 cm³/mol. The third-order valence-corrected chi connectivity index (χ3v) is 3.14. The zero-order valence-electron chi connectivity index (χ0n) is 7.86. The molecule has 0 aliphatic rings. The Bertz CT molecular complexity index is 378. The number of rotatable bonds is 4. The molecule has 0 spiro atoms. The van der Waals surface area contributed by atoms with Crippen LogP contribution in [0.5, 0.6) is 0 Å². The number of aryl methyl sites for hydroxylation is 2. The van der Waals surface area contributed by atoms with Gasteiger partial charge >= 0.3 is 0 Å². The van der Waals surface area contributed by atoms with Crippen molar-refractivity contribution in [2.45, 2.75) is 19.4 Å². The van der Waals surface area contributed by atoms with Crippen LogP contribution in [0.1, 0.15) is 16.3 Å². The van der Waals surface area contributed by atoms with Gasteiger partial charge in [0.05, 0.1) is 17.7 Å². The number of thiophene rings is 1. The van der Waals surface area contributed by atoms with E-state index in [1.165, 1.54) is 4.88 Å². The van der Waals surface area contributed by atoms with Crippen LogP contribution >= 0.6 is 11.3 Å². The van der Waals surface area contributed by atoms with Crippen LogP contribution in [0.15, 0.2) is 23.8 Å². The van der Waals surface area contributed by atoms with Crippen LogP contribution in [-0.2, 0) is 19.4 Å². The monoisotopic (exact) mass is 207 g/mol. The molecule has 0 aromatic carbocycles. The molecule has 2 aromatic heterocycles. The zero-order valence-corrected chi connectivity index (χ0v) is 8.68. The molecular formula is C10H13N3S. The highest BCUT2D eigenvalue weighted by molar-refractivity contribution is 7.09. The Morgan fingerprint density at radius 3 is 3.07 bits per heavy atom. The Kier molecular flexibility index (Phi) is 2.96. The maximum atomic E-state index is 5.58. The van der Waals surface area contributed by atoms with E-state index in [-0.39, 0.29) is 0 Å². The molecule has 2 aromatic rings. The maximum Gasteiger partial charge on any atom is 0.0925 e. The van der Waals surface area contributed by atoms with E-state index in [2.05, 4.69) is 27.5 Å². The summed E-state index contributed by atoms with van der Waals surface area (Å²) in [4.78, 5) is 8.71. The molecule has 0 bridgehead atoms. The molecule has 14 heavy (non-hydrogen) atoms. The van der Waals surface area contributed by atoms with E-state index >= 15 is 0 Å². The smallest absolute Gasteiger partial charge is 0.0925 e. The van der Waals surface area contributed by atoms with Gasteiger partial charge in [0.25, 0.3) is 0 Å². The fraction of sp³-hybridized carbons (Fsp3) is 0.300. The first-order valence-electron chi connectivity index (χ1n) is 4.63. The molecule has 2 rings (SSSR count). The number of aromatic amines is 1. The van der Waals surface area contributed by atoms with Crippen molar-refractivity contribution in [2.24, 2.45) is 5.73 Å². The standard InChI is InChI=1S/C10H13N3S/c11-6-10-9(12-7-13-10)4-3-8-2-1-5-14-8/h1-2,5,7H,3-4,6,11H2,(H,12,13). The van der Waals surface area contributed by atoms with Crippen LogP contribution in [0.3, 0.4) is 0 Å². The van der Waals surface area contributed by atoms with Gasteiger partial charge in [0.15, 0.2) is 0 Å². The number of hydrogen-bond acceptors (Lipinski definition) is 3. The van der Waals surface area contributed by atoms with Crippen LogP contribution in [-0.4, -0.2) is 9.97 Å². The fourth-order valence-corrected chi connectivity index (χ4v) is 2.15. The van der Waals surface area contributed by atoms with Crippen molar-refractivity contribution in [1.82, 2.24) is 9.97 Å². The minimum atomic E-state index is 0.541. The second-order valence-corrected chi connectivity index (χ2v) is 4.14. The first-order chi connectivity index (χ1) is 6.90. The fourth-order valence-electron chi connectivity index (χ4n) is 1.44. The molecule has 0 atom stereocenters. The van der Waals surface area contributed by atoms with Gasteiger partial charge in [-0.2, -0.15) is 0 Å². The number of nitrogens with two attached hydrogens (primary N) is 1. The highest BCUT2D eigenvalue weighted by atomic mass is 32.1. The second-order valence-electron chi connectivity index (χ2n) is 3.11. The summed E-state index contributed by atoms with van der Waals surface area (Å²) >= 11 is 1.79. The van der Waals surface area contributed by atoms with Crippen LogP contribution in [0.4, 0.5) is 0 Å². The van der Waals surface area contributed by atoms with Crippen molar-refractivity contribution >= 4 is 11.3 Å². The van der Waals surface area contributed by atoms with Gasteiger partial charge in [-0.1, -0.05) is 6.07 Å². The summed E-state index contributed by atoms with van der Waals surface area (Å²) in [5.41, 5.74) is 7.73. The van der Waals surface area contributed by atoms with Gasteiger partial charge in [0.2, 0.25) is 0 Å². The molecule has 2 heterocycles. The molecule has 0 aliphatic heterocycles. The van der Waals surface area contributed by atoms with Gasteiger partial charge in [-0.25, -0.2) is 4.98 Å².